The van der Waals surface area contributed by atoms with Gasteiger partial charge in [-0.2, -0.15) is 0 Å². The van der Waals surface area contributed by atoms with Crippen molar-refractivity contribution in [3.8, 4) is 11.5 Å². The highest BCUT2D eigenvalue weighted by atomic mass is 79.9. The summed E-state index contributed by atoms with van der Waals surface area (Å²) in [5, 5.41) is 3.43. The lowest BCUT2D eigenvalue weighted by Gasteiger charge is -2.18. The zero-order valence-corrected chi connectivity index (χ0v) is 14.6. The van der Waals surface area contributed by atoms with Gasteiger partial charge in [-0.3, -0.25) is 0 Å². The van der Waals surface area contributed by atoms with Crippen LogP contribution in [0.2, 0.25) is 0 Å². The number of aryl methyl sites for hydroxylation is 2. The number of rotatable bonds is 5. The van der Waals surface area contributed by atoms with E-state index in [0.29, 0.717) is 0 Å². The van der Waals surface area contributed by atoms with E-state index in [4.69, 9.17) is 4.74 Å². The average molecular weight is 348 g/mol. The van der Waals surface area contributed by atoms with Crippen LogP contribution in [0.3, 0.4) is 0 Å². The highest BCUT2D eigenvalue weighted by Crippen LogP contribution is 2.33. The molecule has 2 aromatic carbocycles. The molecule has 0 fully saturated rings. The highest BCUT2D eigenvalue weighted by Gasteiger charge is 2.12. The van der Waals surface area contributed by atoms with Crippen molar-refractivity contribution in [2.45, 2.75) is 33.7 Å². The van der Waals surface area contributed by atoms with Gasteiger partial charge < -0.3 is 10.1 Å². The SMILES string of the molecule is CCNC(C)c1ccc(Br)cc1Oc1cc(C)cc(C)c1. The average Bonchev–Trinajstić information content (AvgIpc) is 2.37. The van der Waals surface area contributed by atoms with E-state index in [2.05, 4.69) is 79.3 Å². The molecule has 0 saturated heterocycles. The summed E-state index contributed by atoms with van der Waals surface area (Å²) in [6.45, 7) is 9.37. The molecule has 0 radical (unpaired) electrons. The first-order valence-corrected chi connectivity index (χ1v) is 8.08. The zero-order valence-electron chi connectivity index (χ0n) is 13.0. The Balaban J connectivity index is 2.35. The molecular formula is C18H22BrNO. The Bertz CT molecular complexity index is 604. The second-order valence-corrected chi connectivity index (χ2v) is 6.30. The Labute approximate surface area is 135 Å². The molecule has 112 valence electrons. The quantitative estimate of drug-likeness (QED) is 0.767. The maximum atomic E-state index is 6.15. The first-order valence-electron chi connectivity index (χ1n) is 7.28. The summed E-state index contributed by atoms with van der Waals surface area (Å²) in [4.78, 5) is 0. The van der Waals surface area contributed by atoms with E-state index in [9.17, 15) is 0 Å². The number of hydrogen-bond donors (Lipinski definition) is 1. The summed E-state index contributed by atoms with van der Waals surface area (Å²) >= 11 is 3.53. The van der Waals surface area contributed by atoms with Gasteiger partial charge >= 0.3 is 0 Å². The van der Waals surface area contributed by atoms with Crippen molar-refractivity contribution in [1.82, 2.24) is 5.32 Å². The van der Waals surface area contributed by atoms with E-state index in [1.165, 1.54) is 16.7 Å². The zero-order chi connectivity index (χ0) is 15.4. The Hall–Kier alpha value is -1.32. The fourth-order valence-corrected chi connectivity index (χ4v) is 2.83. The standard InChI is InChI=1S/C18H22BrNO/c1-5-20-14(4)17-7-6-15(19)11-18(17)21-16-9-12(2)8-13(3)10-16/h6-11,14,20H,5H2,1-4H3. The van der Waals surface area contributed by atoms with Gasteiger partial charge in [0.05, 0.1) is 0 Å². The minimum atomic E-state index is 0.254. The van der Waals surface area contributed by atoms with Crippen molar-refractivity contribution in [3.63, 3.8) is 0 Å². The number of nitrogens with one attached hydrogen (secondary N) is 1. The fraction of sp³-hybridized carbons (Fsp3) is 0.333. The molecule has 0 aliphatic carbocycles. The van der Waals surface area contributed by atoms with Crippen molar-refractivity contribution >= 4 is 15.9 Å². The molecule has 0 aromatic heterocycles. The Morgan fingerprint density at radius 3 is 2.38 bits per heavy atom. The minimum Gasteiger partial charge on any atom is -0.457 e. The summed E-state index contributed by atoms with van der Waals surface area (Å²) in [5.41, 5.74) is 3.58. The lowest BCUT2D eigenvalue weighted by Crippen LogP contribution is -2.18. The van der Waals surface area contributed by atoms with Crippen LogP contribution < -0.4 is 10.1 Å². The van der Waals surface area contributed by atoms with Gasteiger partial charge in [-0.05, 0) is 62.7 Å². The van der Waals surface area contributed by atoms with Crippen LogP contribution in [-0.2, 0) is 0 Å². The molecular weight excluding hydrogens is 326 g/mol. The second kappa shape index (κ2) is 7.10. The van der Waals surface area contributed by atoms with Crippen molar-refractivity contribution in [2.24, 2.45) is 0 Å². The molecule has 1 N–H and O–H groups in total. The lowest BCUT2D eigenvalue weighted by molar-refractivity contribution is 0.462. The van der Waals surface area contributed by atoms with Gasteiger partial charge in [0.1, 0.15) is 11.5 Å². The van der Waals surface area contributed by atoms with Crippen LogP contribution in [0.4, 0.5) is 0 Å². The number of halogens is 1. The molecule has 3 heteroatoms. The summed E-state index contributed by atoms with van der Waals surface area (Å²) in [6.07, 6.45) is 0. The minimum absolute atomic E-state index is 0.254. The Morgan fingerprint density at radius 2 is 1.76 bits per heavy atom. The van der Waals surface area contributed by atoms with E-state index >= 15 is 0 Å². The molecule has 0 saturated carbocycles. The van der Waals surface area contributed by atoms with Crippen molar-refractivity contribution < 1.29 is 4.74 Å². The van der Waals surface area contributed by atoms with Crippen LogP contribution in [0.25, 0.3) is 0 Å². The van der Waals surface area contributed by atoms with E-state index in [-0.39, 0.29) is 6.04 Å². The van der Waals surface area contributed by atoms with Gasteiger partial charge in [0, 0.05) is 16.1 Å². The Kier molecular flexibility index (Phi) is 5.43. The predicted molar refractivity (Wildman–Crippen MR) is 92.2 cm³/mol. The third-order valence-corrected chi connectivity index (χ3v) is 3.87. The topological polar surface area (TPSA) is 21.3 Å². The van der Waals surface area contributed by atoms with E-state index in [1.807, 2.05) is 6.07 Å². The van der Waals surface area contributed by atoms with Crippen molar-refractivity contribution in [3.05, 3.63) is 57.6 Å². The summed E-state index contributed by atoms with van der Waals surface area (Å²) in [5.74, 6) is 1.78. The van der Waals surface area contributed by atoms with E-state index < -0.39 is 0 Å². The van der Waals surface area contributed by atoms with Gasteiger partial charge in [0.25, 0.3) is 0 Å². The maximum Gasteiger partial charge on any atom is 0.133 e. The summed E-state index contributed by atoms with van der Waals surface area (Å²) in [6, 6.07) is 12.7. The van der Waals surface area contributed by atoms with Crippen molar-refractivity contribution in [2.75, 3.05) is 6.54 Å². The van der Waals surface area contributed by atoms with Crippen LogP contribution in [0, 0.1) is 13.8 Å². The predicted octanol–water partition coefficient (Wildman–Crippen LogP) is 5.53. The summed E-state index contributed by atoms with van der Waals surface area (Å²) in [7, 11) is 0. The third kappa shape index (κ3) is 4.32. The summed E-state index contributed by atoms with van der Waals surface area (Å²) < 4.78 is 7.17. The highest BCUT2D eigenvalue weighted by molar-refractivity contribution is 9.10. The van der Waals surface area contributed by atoms with Crippen molar-refractivity contribution in [1.29, 1.82) is 0 Å². The molecule has 0 heterocycles. The van der Waals surface area contributed by atoms with Crippen LogP contribution >= 0.6 is 15.9 Å². The molecule has 0 aliphatic rings. The van der Waals surface area contributed by atoms with E-state index in [0.717, 1.165) is 22.5 Å². The largest absolute Gasteiger partial charge is 0.457 e. The molecule has 0 aliphatic heterocycles. The molecule has 21 heavy (non-hydrogen) atoms. The van der Waals surface area contributed by atoms with Crippen LogP contribution in [0.1, 0.15) is 36.6 Å². The van der Waals surface area contributed by atoms with Gasteiger partial charge in [-0.15, -0.1) is 0 Å². The molecule has 0 spiro atoms. The van der Waals surface area contributed by atoms with E-state index in [1.54, 1.807) is 0 Å². The third-order valence-electron chi connectivity index (χ3n) is 3.38. The fourth-order valence-electron chi connectivity index (χ4n) is 2.49. The monoisotopic (exact) mass is 347 g/mol. The maximum absolute atomic E-state index is 6.15. The van der Waals surface area contributed by atoms with Crippen LogP contribution in [0.5, 0.6) is 11.5 Å². The molecule has 0 bridgehead atoms. The van der Waals surface area contributed by atoms with Gasteiger partial charge in [0.15, 0.2) is 0 Å². The first-order chi connectivity index (χ1) is 9.99. The smallest absolute Gasteiger partial charge is 0.133 e. The molecule has 1 atom stereocenters. The first kappa shape index (κ1) is 16.1. The normalized spacial score (nSPS) is 12.2. The number of benzene rings is 2. The molecule has 2 rings (SSSR count). The molecule has 0 amide bonds. The lowest BCUT2D eigenvalue weighted by atomic mass is 10.1. The molecule has 2 aromatic rings. The number of ether oxygens (including phenoxy) is 1. The van der Waals surface area contributed by atoms with Crippen LogP contribution in [0.15, 0.2) is 40.9 Å². The number of hydrogen-bond acceptors (Lipinski definition) is 2. The van der Waals surface area contributed by atoms with Crippen LogP contribution in [-0.4, -0.2) is 6.54 Å². The molecule has 2 nitrogen and oxygen atoms in total. The Morgan fingerprint density at radius 1 is 1.10 bits per heavy atom. The van der Waals surface area contributed by atoms with Gasteiger partial charge in [0.2, 0.25) is 0 Å². The molecule has 1 unspecified atom stereocenters. The second-order valence-electron chi connectivity index (χ2n) is 5.39. The van der Waals surface area contributed by atoms with Gasteiger partial charge in [-0.25, -0.2) is 0 Å². The van der Waals surface area contributed by atoms with Gasteiger partial charge in [-0.1, -0.05) is 35.0 Å².